The quantitative estimate of drug-likeness (QED) is 0.614. The van der Waals surface area contributed by atoms with Crippen LogP contribution >= 0.6 is 23.2 Å². The monoisotopic (exact) mass is 387 g/mol. The third-order valence-electron chi connectivity index (χ3n) is 4.11. The maximum absolute atomic E-state index is 12.2. The van der Waals surface area contributed by atoms with Crippen molar-refractivity contribution in [3.05, 3.63) is 81.6 Å². The van der Waals surface area contributed by atoms with Crippen LogP contribution in [0, 0.1) is 6.92 Å². The molecule has 0 saturated carbocycles. The molecule has 0 spiro atoms. The molecule has 6 heteroatoms. The maximum Gasteiger partial charge on any atom is 0.252 e. The zero-order valence-corrected chi connectivity index (χ0v) is 15.9. The van der Waals surface area contributed by atoms with Crippen LogP contribution in [0.25, 0.3) is 5.69 Å². The largest absolute Gasteiger partial charge is 0.352 e. The second kappa shape index (κ2) is 8.39. The number of rotatable bonds is 6. The van der Waals surface area contributed by atoms with Crippen LogP contribution in [0.1, 0.15) is 28.0 Å². The second-order valence-electron chi connectivity index (χ2n) is 6.00. The van der Waals surface area contributed by atoms with Gasteiger partial charge in [-0.15, -0.1) is 0 Å². The standard InChI is InChI=1S/C20H19Cl2N3O/c1-14-15(13-25(24-14)17-7-3-2-4-8-17)6-5-11-23-20(26)18-10-9-16(21)12-19(18)22/h2-4,7-10,12-13H,5-6,11H2,1H3,(H,23,26). The Labute approximate surface area is 162 Å². The first kappa shape index (κ1) is 18.5. The number of hydrogen-bond acceptors (Lipinski definition) is 2. The molecule has 1 amide bonds. The first-order valence-corrected chi connectivity index (χ1v) is 9.14. The van der Waals surface area contributed by atoms with E-state index in [1.807, 2.05) is 48.1 Å². The minimum absolute atomic E-state index is 0.191. The first-order chi connectivity index (χ1) is 12.5. The van der Waals surface area contributed by atoms with E-state index in [4.69, 9.17) is 23.2 Å². The van der Waals surface area contributed by atoms with Crippen molar-refractivity contribution in [3.63, 3.8) is 0 Å². The molecular weight excluding hydrogens is 369 g/mol. The van der Waals surface area contributed by atoms with E-state index in [1.165, 1.54) is 5.56 Å². The third kappa shape index (κ3) is 4.45. The van der Waals surface area contributed by atoms with Gasteiger partial charge in [0.25, 0.3) is 5.91 Å². The van der Waals surface area contributed by atoms with Crippen LogP contribution < -0.4 is 5.32 Å². The molecule has 0 atom stereocenters. The summed E-state index contributed by atoms with van der Waals surface area (Å²) in [6, 6.07) is 14.9. The van der Waals surface area contributed by atoms with Gasteiger partial charge in [0.1, 0.15) is 0 Å². The van der Waals surface area contributed by atoms with Crippen molar-refractivity contribution in [2.24, 2.45) is 0 Å². The number of halogens is 2. The fourth-order valence-corrected chi connectivity index (χ4v) is 3.20. The lowest BCUT2D eigenvalue weighted by Crippen LogP contribution is -2.25. The normalized spacial score (nSPS) is 10.7. The molecule has 1 N–H and O–H groups in total. The molecule has 2 aromatic carbocycles. The summed E-state index contributed by atoms with van der Waals surface area (Å²) >= 11 is 11.9. The van der Waals surface area contributed by atoms with Gasteiger partial charge in [0.05, 0.1) is 22.0 Å². The van der Waals surface area contributed by atoms with E-state index in [1.54, 1.807) is 18.2 Å². The lowest BCUT2D eigenvalue weighted by atomic mass is 10.1. The number of carbonyl (C=O) groups excluding carboxylic acids is 1. The lowest BCUT2D eigenvalue weighted by Gasteiger charge is -2.07. The SMILES string of the molecule is Cc1nn(-c2ccccc2)cc1CCCNC(=O)c1ccc(Cl)cc1Cl. The Balaban J connectivity index is 1.54. The molecule has 0 fully saturated rings. The van der Waals surface area contributed by atoms with Gasteiger partial charge in [-0.2, -0.15) is 5.10 Å². The minimum atomic E-state index is -0.191. The van der Waals surface area contributed by atoms with Crippen LogP contribution in [0.4, 0.5) is 0 Å². The highest BCUT2D eigenvalue weighted by molar-refractivity contribution is 6.36. The summed E-state index contributed by atoms with van der Waals surface area (Å²) in [6.07, 6.45) is 3.70. The number of hydrogen-bond donors (Lipinski definition) is 1. The number of carbonyl (C=O) groups is 1. The highest BCUT2D eigenvalue weighted by atomic mass is 35.5. The van der Waals surface area contributed by atoms with Crippen molar-refractivity contribution >= 4 is 29.1 Å². The first-order valence-electron chi connectivity index (χ1n) is 8.38. The number of benzene rings is 2. The lowest BCUT2D eigenvalue weighted by molar-refractivity contribution is 0.0953. The Hall–Kier alpha value is -2.30. The summed E-state index contributed by atoms with van der Waals surface area (Å²) in [5, 5.41) is 8.32. The van der Waals surface area contributed by atoms with Gasteiger partial charge in [-0.3, -0.25) is 4.79 Å². The zero-order chi connectivity index (χ0) is 18.5. The molecule has 0 saturated heterocycles. The Kier molecular flexibility index (Phi) is 5.96. The second-order valence-corrected chi connectivity index (χ2v) is 6.85. The molecule has 3 rings (SSSR count). The van der Waals surface area contributed by atoms with Gasteiger partial charge in [0.2, 0.25) is 0 Å². The highest BCUT2D eigenvalue weighted by Gasteiger charge is 2.11. The predicted molar refractivity (Wildman–Crippen MR) is 105 cm³/mol. The van der Waals surface area contributed by atoms with E-state index in [-0.39, 0.29) is 5.91 Å². The molecule has 0 aliphatic rings. The fraction of sp³-hybridized carbons (Fsp3) is 0.200. The summed E-state index contributed by atoms with van der Waals surface area (Å²) in [4.78, 5) is 12.2. The van der Waals surface area contributed by atoms with Crippen molar-refractivity contribution < 1.29 is 4.79 Å². The van der Waals surface area contributed by atoms with Gasteiger partial charge in [-0.05, 0) is 55.7 Å². The molecular formula is C20H19Cl2N3O. The molecule has 1 heterocycles. The Bertz CT molecular complexity index is 907. The van der Waals surface area contributed by atoms with Crippen molar-refractivity contribution in [3.8, 4) is 5.69 Å². The number of amides is 1. The van der Waals surface area contributed by atoms with Gasteiger partial charge < -0.3 is 5.32 Å². The van der Waals surface area contributed by atoms with Crippen LogP contribution in [0.3, 0.4) is 0 Å². The maximum atomic E-state index is 12.2. The summed E-state index contributed by atoms with van der Waals surface area (Å²) in [7, 11) is 0. The predicted octanol–water partition coefficient (Wildman–Crippen LogP) is 4.85. The molecule has 3 aromatic rings. The number of nitrogens with one attached hydrogen (secondary N) is 1. The molecule has 4 nitrogen and oxygen atoms in total. The average Bonchev–Trinajstić information content (AvgIpc) is 3.00. The highest BCUT2D eigenvalue weighted by Crippen LogP contribution is 2.20. The smallest absolute Gasteiger partial charge is 0.252 e. The number of aromatic nitrogens is 2. The van der Waals surface area contributed by atoms with E-state index in [9.17, 15) is 4.79 Å². The summed E-state index contributed by atoms with van der Waals surface area (Å²) in [5.74, 6) is -0.191. The summed E-state index contributed by atoms with van der Waals surface area (Å²) < 4.78 is 1.89. The number of aryl methyl sites for hydroxylation is 2. The number of nitrogens with zero attached hydrogens (tertiary/aromatic N) is 2. The molecule has 0 bridgehead atoms. The average molecular weight is 388 g/mol. The third-order valence-corrected chi connectivity index (χ3v) is 4.65. The molecule has 0 radical (unpaired) electrons. The molecule has 0 aliphatic heterocycles. The van der Waals surface area contributed by atoms with E-state index >= 15 is 0 Å². The Morgan fingerprint density at radius 1 is 1.15 bits per heavy atom. The minimum Gasteiger partial charge on any atom is -0.352 e. The van der Waals surface area contributed by atoms with Crippen molar-refractivity contribution in [2.45, 2.75) is 19.8 Å². The molecule has 26 heavy (non-hydrogen) atoms. The topological polar surface area (TPSA) is 46.9 Å². The zero-order valence-electron chi connectivity index (χ0n) is 14.4. The van der Waals surface area contributed by atoms with Gasteiger partial charge in [-0.1, -0.05) is 41.4 Å². The van der Waals surface area contributed by atoms with Crippen molar-refractivity contribution in [1.82, 2.24) is 15.1 Å². The van der Waals surface area contributed by atoms with Gasteiger partial charge in [0.15, 0.2) is 0 Å². The van der Waals surface area contributed by atoms with Gasteiger partial charge in [0, 0.05) is 17.8 Å². The fourth-order valence-electron chi connectivity index (χ4n) is 2.70. The van der Waals surface area contributed by atoms with E-state index in [2.05, 4.69) is 10.4 Å². The number of para-hydroxylation sites is 1. The molecule has 1 aromatic heterocycles. The van der Waals surface area contributed by atoms with E-state index in [0.29, 0.717) is 22.2 Å². The summed E-state index contributed by atoms with van der Waals surface area (Å²) in [5.41, 5.74) is 3.64. The van der Waals surface area contributed by atoms with Gasteiger partial charge >= 0.3 is 0 Å². The van der Waals surface area contributed by atoms with Gasteiger partial charge in [-0.25, -0.2) is 4.68 Å². The summed E-state index contributed by atoms with van der Waals surface area (Å²) in [6.45, 7) is 2.56. The van der Waals surface area contributed by atoms with Crippen LogP contribution in [-0.2, 0) is 6.42 Å². The van der Waals surface area contributed by atoms with E-state index < -0.39 is 0 Å². The molecule has 0 unspecified atom stereocenters. The van der Waals surface area contributed by atoms with E-state index in [0.717, 1.165) is 24.2 Å². The Morgan fingerprint density at radius 2 is 1.92 bits per heavy atom. The van der Waals surface area contributed by atoms with Crippen LogP contribution in [0.2, 0.25) is 10.0 Å². The Morgan fingerprint density at radius 3 is 2.65 bits per heavy atom. The van der Waals surface area contributed by atoms with Crippen LogP contribution in [-0.4, -0.2) is 22.2 Å². The molecule has 134 valence electrons. The van der Waals surface area contributed by atoms with Crippen molar-refractivity contribution in [2.75, 3.05) is 6.54 Å². The molecule has 0 aliphatic carbocycles. The van der Waals surface area contributed by atoms with Crippen LogP contribution in [0.15, 0.2) is 54.7 Å². The van der Waals surface area contributed by atoms with Crippen LogP contribution in [0.5, 0.6) is 0 Å². The van der Waals surface area contributed by atoms with Crippen molar-refractivity contribution in [1.29, 1.82) is 0 Å².